The van der Waals surface area contributed by atoms with Crippen LogP contribution < -0.4 is 14.1 Å². The first kappa shape index (κ1) is 18.5. The minimum absolute atomic E-state index is 0.0900. The Balaban J connectivity index is 1.48. The summed E-state index contributed by atoms with van der Waals surface area (Å²) >= 11 is 0. The Morgan fingerprint density at radius 3 is 2.74 bits per heavy atom. The number of aromatic amines is 1. The van der Waals surface area contributed by atoms with E-state index in [4.69, 9.17) is 4.65 Å². The molecule has 2 aromatic heterocycles. The quantitative estimate of drug-likeness (QED) is 0.509. The van der Waals surface area contributed by atoms with Gasteiger partial charge in [-0.15, -0.1) is 0 Å². The summed E-state index contributed by atoms with van der Waals surface area (Å²) in [6.07, 6.45) is 6.53. The van der Waals surface area contributed by atoms with Crippen LogP contribution >= 0.6 is 0 Å². The normalized spacial score (nSPS) is 22.4. The molecular formula is C17H23BN4O4S. The number of rotatable bonds is 8. The lowest BCUT2D eigenvalue weighted by atomic mass is 9.74. The Hall–Kier alpha value is -1.88. The maximum Gasteiger partial charge on any atom is 0.519 e. The molecule has 144 valence electrons. The fraction of sp³-hybridized carbons (Fsp3) is 0.471. The molecule has 0 spiro atoms. The van der Waals surface area contributed by atoms with Crippen molar-refractivity contribution in [1.82, 2.24) is 19.4 Å². The summed E-state index contributed by atoms with van der Waals surface area (Å²) in [5.41, 5.74) is 2.39. The number of fused-ring (bicyclic) bond motifs is 1. The smallest absolute Gasteiger partial charge is 0.519 e. The van der Waals surface area contributed by atoms with Crippen LogP contribution in [0.3, 0.4) is 0 Å². The number of pyridine rings is 1. The molecule has 2 aliphatic rings. The topological polar surface area (TPSA) is 116 Å². The summed E-state index contributed by atoms with van der Waals surface area (Å²) in [5.74, 6) is 0.608. The largest absolute Gasteiger partial charge is 0.535 e. The maximum atomic E-state index is 12.0. The zero-order valence-electron chi connectivity index (χ0n) is 15.1. The fourth-order valence-electron chi connectivity index (χ4n) is 3.47. The van der Waals surface area contributed by atoms with E-state index in [1.165, 1.54) is 6.82 Å². The number of H-pyrrole nitrogens is 1. The molecule has 8 nitrogen and oxygen atoms in total. The van der Waals surface area contributed by atoms with E-state index in [-0.39, 0.29) is 18.0 Å². The van der Waals surface area contributed by atoms with Crippen LogP contribution in [-0.2, 0) is 10.2 Å². The van der Waals surface area contributed by atoms with Gasteiger partial charge in [-0.3, -0.25) is 0 Å². The van der Waals surface area contributed by atoms with Crippen LogP contribution in [0.2, 0.25) is 6.82 Å². The second-order valence-electron chi connectivity index (χ2n) is 7.36. The number of hydrogen-bond donors (Lipinski definition) is 4. The van der Waals surface area contributed by atoms with Gasteiger partial charge in [-0.05, 0) is 50.1 Å². The van der Waals surface area contributed by atoms with Crippen molar-refractivity contribution < 1.29 is 18.1 Å². The molecule has 0 amide bonds. The van der Waals surface area contributed by atoms with Crippen LogP contribution in [-0.4, -0.2) is 42.6 Å². The van der Waals surface area contributed by atoms with Crippen molar-refractivity contribution in [2.45, 2.75) is 44.6 Å². The van der Waals surface area contributed by atoms with E-state index in [9.17, 15) is 13.4 Å². The van der Waals surface area contributed by atoms with Gasteiger partial charge >= 0.3 is 7.12 Å². The molecule has 4 rings (SSSR count). The summed E-state index contributed by atoms with van der Waals surface area (Å²) in [4.78, 5) is 7.37. The first-order chi connectivity index (χ1) is 12.8. The molecule has 4 N–H and O–H groups in total. The molecule has 2 aliphatic carbocycles. The zero-order valence-corrected chi connectivity index (χ0v) is 15.9. The molecule has 10 heteroatoms. The predicted molar refractivity (Wildman–Crippen MR) is 104 cm³/mol. The van der Waals surface area contributed by atoms with Crippen LogP contribution in [0.25, 0.3) is 16.6 Å². The highest BCUT2D eigenvalue weighted by molar-refractivity contribution is 7.87. The Labute approximate surface area is 158 Å². The van der Waals surface area contributed by atoms with Crippen LogP contribution in [0.15, 0.2) is 25.0 Å². The number of aromatic nitrogens is 2. The lowest BCUT2D eigenvalue weighted by molar-refractivity contribution is 0.309. The van der Waals surface area contributed by atoms with Gasteiger partial charge in [-0.25, -0.2) is 4.98 Å². The van der Waals surface area contributed by atoms with Crippen molar-refractivity contribution in [1.29, 1.82) is 0 Å². The molecule has 0 unspecified atom stereocenters. The van der Waals surface area contributed by atoms with Crippen molar-refractivity contribution in [2.24, 2.45) is 5.92 Å². The van der Waals surface area contributed by atoms with Crippen molar-refractivity contribution in [3.8, 4) is 5.75 Å². The molecular weight excluding hydrogens is 367 g/mol. The van der Waals surface area contributed by atoms with Gasteiger partial charge in [-0.2, -0.15) is 17.9 Å². The average molecular weight is 390 g/mol. The van der Waals surface area contributed by atoms with Gasteiger partial charge < -0.3 is 14.7 Å². The minimum Gasteiger partial charge on any atom is -0.535 e. The van der Waals surface area contributed by atoms with Crippen LogP contribution in [0.1, 0.15) is 31.2 Å². The molecule has 0 radical (unpaired) electrons. The molecule has 2 heterocycles. The number of nitrogens with zero attached hydrogens (tertiary/aromatic N) is 1. The monoisotopic (exact) mass is 390 g/mol. The summed E-state index contributed by atoms with van der Waals surface area (Å²) in [7, 11) is -4.41. The Kier molecular flexibility index (Phi) is 4.75. The van der Waals surface area contributed by atoms with Crippen molar-refractivity contribution >= 4 is 33.9 Å². The van der Waals surface area contributed by atoms with E-state index >= 15 is 0 Å². The third kappa shape index (κ3) is 4.03. The molecule has 0 aromatic carbocycles. The maximum absolute atomic E-state index is 12.0. The second kappa shape index (κ2) is 6.94. The van der Waals surface area contributed by atoms with Gasteiger partial charge in [0.1, 0.15) is 11.4 Å². The Morgan fingerprint density at radius 1 is 1.37 bits per heavy atom. The minimum atomic E-state index is -3.44. The van der Waals surface area contributed by atoms with Crippen LogP contribution in [0.4, 0.5) is 0 Å². The Bertz CT molecular complexity index is 964. The third-order valence-electron chi connectivity index (χ3n) is 5.02. The van der Waals surface area contributed by atoms with Gasteiger partial charge in [0.05, 0.1) is 6.20 Å². The predicted octanol–water partition coefficient (Wildman–Crippen LogP) is 1.43. The zero-order chi connectivity index (χ0) is 19.2. The highest BCUT2D eigenvalue weighted by atomic mass is 32.2. The van der Waals surface area contributed by atoms with E-state index in [2.05, 4.69) is 26.0 Å². The average Bonchev–Trinajstić information content (AvgIpc) is 3.21. The third-order valence-corrected chi connectivity index (χ3v) is 6.31. The van der Waals surface area contributed by atoms with Crippen molar-refractivity contribution in [2.75, 3.05) is 0 Å². The highest BCUT2D eigenvalue weighted by Crippen LogP contribution is 2.43. The molecule has 0 aliphatic heterocycles. The van der Waals surface area contributed by atoms with Crippen LogP contribution in [0.5, 0.6) is 5.75 Å². The summed E-state index contributed by atoms with van der Waals surface area (Å²) in [5, 5.41) is 10.5. The fourth-order valence-corrected chi connectivity index (χ4v) is 4.84. The lowest BCUT2D eigenvalue weighted by Gasteiger charge is -2.37. The van der Waals surface area contributed by atoms with E-state index in [0.29, 0.717) is 24.2 Å². The SMILES string of the molecule is C=C(c1c(OB(C)O)cnc2[nH]ccc12)[C@H]1C[C@@H](NS(=O)(=O)NC2CC2)C1. The Morgan fingerprint density at radius 2 is 2.07 bits per heavy atom. The molecule has 2 aromatic rings. The van der Waals surface area contributed by atoms with E-state index in [1.54, 1.807) is 12.4 Å². The van der Waals surface area contributed by atoms with Gasteiger partial charge in [0, 0.05) is 29.2 Å². The number of hydrogen-bond acceptors (Lipinski definition) is 5. The highest BCUT2D eigenvalue weighted by Gasteiger charge is 2.37. The molecule has 0 bridgehead atoms. The number of nitrogens with one attached hydrogen (secondary N) is 3. The summed E-state index contributed by atoms with van der Waals surface area (Å²) in [6, 6.07) is 1.88. The molecule has 27 heavy (non-hydrogen) atoms. The van der Waals surface area contributed by atoms with E-state index in [0.717, 1.165) is 29.4 Å². The lowest BCUT2D eigenvalue weighted by Crippen LogP contribution is -2.49. The second-order valence-corrected chi connectivity index (χ2v) is 8.84. The van der Waals surface area contributed by atoms with Gasteiger partial charge in [0.25, 0.3) is 10.2 Å². The van der Waals surface area contributed by atoms with Gasteiger partial charge in [0.15, 0.2) is 0 Å². The summed E-state index contributed by atoms with van der Waals surface area (Å²) in [6.45, 7) is 5.77. The van der Waals surface area contributed by atoms with Gasteiger partial charge in [-0.1, -0.05) is 6.58 Å². The molecule has 0 atom stereocenters. The molecule has 2 fully saturated rings. The van der Waals surface area contributed by atoms with Crippen LogP contribution in [0, 0.1) is 5.92 Å². The van der Waals surface area contributed by atoms with E-state index in [1.807, 2.05) is 6.07 Å². The van der Waals surface area contributed by atoms with Crippen molar-refractivity contribution in [3.05, 3.63) is 30.6 Å². The van der Waals surface area contributed by atoms with Crippen molar-refractivity contribution in [3.63, 3.8) is 0 Å². The standard InChI is InChI=1S/C17H23BN4O4S/c1-10(11-7-13(8-11)22-27(24,25)21-12-3-4-12)16-14-5-6-19-17(14)20-9-15(16)26-18(2)23/h5-6,9,11-13,21-23H,1,3-4,7-8H2,2H3,(H,19,20)/t11-,13+. The van der Waals surface area contributed by atoms with Gasteiger partial charge in [0.2, 0.25) is 0 Å². The van der Waals surface area contributed by atoms with E-state index < -0.39 is 17.3 Å². The molecule has 0 saturated heterocycles. The number of allylic oxidation sites excluding steroid dienone is 1. The molecule has 2 saturated carbocycles. The first-order valence-electron chi connectivity index (χ1n) is 9.12. The first-order valence-corrected chi connectivity index (χ1v) is 10.6. The summed E-state index contributed by atoms with van der Waals surface area (Å²) < 4.78 is 34.9.